The third-order valence-electron chi connectivity index (χ3n) is 5.81. The lowest BCUT2D eigenvalue weighted by molar-refractivity contribution is 0.454. The number of benzene rings is 3. The number of hydrogen-bond donors (Lipinski definition) is 1. The first-order valence-electron chi connectivity index (χ1n) is 10.5. The summed E-state index contributed by atoms with van der Waals surface area (Å²) < 4.78 is 25.2. The highest BCUT2D eigenvalue weighted by Crippen LogP contribution is 2.36. The maximum absolute atomic E-state index is 12.7. The Bertz CT molecular complexity index is 1630. The van der Waals surface area contributed by atoms with Crippen LogP contribution < -0.4 is 5.56 Å². The van der Waals surface area contributed by atoms with Gasteiger partial charge in [0.2, 0.25) is 0 Å². The van der Waals surface area contributed by atoms with Gasteiger partial charge in [0.05, 0.1) is 18.3 Å². The van der Waals surface area contributed by atoms with Crippen LogP contribution in [0.3, 0.4) is 0 Å². The van der Waals surface area contributed by atoms with Crippen LogP contribution >= 0.6 is 0 Å². The van der Waals surface area contributed by atoms with Gasteiger partial charge in [-0.3, -0.25) is 8.98 Å². The molecule has 0 saturated heterocycles. The summed E-state index contributed by atoms with van der Waals surface area (Å²) in [7, 11) is 0.948. The maximum atomic E-state index is 12.7. The molecule has 2 heterocycles. The van der Waals surface area contributed by atoms with Crippen molar-refractivity contribution in [1.29, 1.82) is 0 Å². The Morgan fingerprint density at radius 3 is 2.42 bits per heavy atom. The Morgan fingerprint density at radius 1 is 0.939 bits per heavy atom. The highest BCUT2D eigenvalue weighted by atomic mass is 32.2. The Morgan fingerprint density at radius 2 is 1.67 bits per heavy atom. The van der Waals surface area contributed by atoms with Crippen LogP contribution in [0.2, 0.25) is 0 Å². The van der Waals surface area contributed by atoms with Gasteiger partial charge in [-0.1, -0.05) is 48.5 Å². The van der Waals surface area contributed by atoms with Gasteiger partial charge in [0.15, 0.2) is 10.9 Å². The van der Waals surface area contributed by atoms with Crippen LogP contribution in [-0.2, 0) is 28.7 Å². The molecule has 0 saturated carbocycles. The number of rotatable bonds is 5. The molecule has 0 fully saturated rings. The number of pyridine rings is 1. The van der Waals surface area contributed by atoms with E-state index in [0.29, 0.717) is 17.6 Å². The standard InChI is InChI=1S/C26H23N3O3S/c1-28-17-23(20-10-6-7-11-21(20)26(28)30)19-14-24(27-33(31)32-2)22-12-13-29(25(22)15-19)16-18-8-4-3-5-9-18/h3-15,17,33H,16H2,1-2H3. The van der Waals surface area contributed by atoms with E-state index in [1.807, 2.05) is 67.0 Å². The molecule has 7 heteroatoms. The van der Waals surface area contributed by atoms with Gasteiger partial charge in [0.25, 0.3) is 5.56 Å². The summed E-state index contributed by atoms with van der Waals surface area (Å²) in [4.78, 5) is 12.7. The predicted molar refractivity (Wildman–Crippen MR) is 134 cm³/mol. The molecule has 0 spiro atoms. The van der Waals surface area contributed by atoms with Crippen molar-refractivity contribution in [3.63, 3.8) is 0 Å². The zero-order chi connectivity index (χ0) is 22.9. The van der Waals surface area contributed by atoms with Crippen molar-refractivity contribution < 1.29 is 8.39 Å². The van der Waals surface area contributed by atoms with Gasteiger partial charge in [-0.05, 0) is 40.8 Å². The van der Waals surface area contributed by atoms with Crippen molar-refractivity contribution in [1.82, 2.24) is 9.13 Å². The van der Waals surface area contributed by atoms with E-state index in [4.69, 9.17) is 4.18 Å². The molecule has 6 nitrogen and oxygen atoms in total. The first-order chi connectivity index (χ1) is 16.0. The summed E-state index contributed by atoms with van der Waals surface area (Å²) in [6.07, 6.45) is 3.86. The van der Waals surface area contributed by atoms with E-state index < -0.39 is 10.9 Å². The molecular formula is C26H23N3O3S. The summed E-state index contributed by atoms with van der Waals surface area (Å²) >= 11 is 0. The molecule has 1 atom stereocenters. The second-order valence-corrected chi connectivity index (χ2v) is 8.92. The predicted octanol–water partition coefficient (Wildman–Crippen LogP) is 5.07. The van der Waals surface area contributed by atoms with Gasteiger partial charge in [0.1, 0.15) is 0 Å². The van der Waals surface area contributed by atoms with Gasteiger partial charge in [-0.25, -0.2) is 4.21 Å². The third kappa shape index (κ3) is 3.97. The van der Waals surface area contributed by atoms with Gasteiger partial charge in [-0.2, -0.15) is 4.36 Å². The second-order valence-electron chi connectivity index (χ2n) is 7.88. The quantitative estimate of drug-likeness (QED) is 0.375. The fourth-order valence-electron chi connectivity index (χ4n) is 4.21. The average molecular weight is 458 g/mol. The molecular weight excluding hydrogens is 434 g/mol. The number of nitrogens with zero attached hydrogens (tertiary/aromatic N) is 3. The van der Waals surface area contributed by atoms with Crippen LogP contribution in [0.25, 0.3) is 32.8 Å². The van der Waals surface area contributed by atoms with Gasteiger partial charge in [-0.15, -0.1) is 0 Å². The summed E-state index contributed by atoms with van der Waals surface area (Å²) in [5, 5.41) is 2.41. The first kappa shape index (κ1) is 21.2. The van der Waals surface area contributed by atoms with Crippen LogP contribution in [0.15, 0.2) is 94.3 Å². The zero-order valence-corrected chi connectivity index (χ0v) is 19.2. The summed E-state index contributed by atoms with van der Waals surface area (Å²) in [6, 6.07) is 23.8. The van der Waals surface area contributed by atoms with Gasteiger partial charge >= 0.3 is 0 Å². The molecule has 0 N–H and O–H groups in total. The lowest BCUT2D eigenvalue weighted by atomic mass is 9.99. The zero-order valence-electron chi connectivity index (χ0n) is 18.3. The SMILES string of the molecule is CO[SH](=O)=Nc1cc(-c2cn(C)c(=O)c3ccccc23)cc2c1ccn2Cc1ccccc1. The minimum Gasteiger partial charge on any atom is -0.343 e. The molecule has 5 aromatic rings. The van der Waals surface area contributed by atoms with Crippen LogP contribution in [0.5, 0.6) is 0 Å². The van der Waals surface area contributed by atoms with E-state index in [2.05, 4.69) is 27.1 Å². The average Bonchev–Trinajstić information content (AvgIpc) is 3.24. The summed E-state index contributed by atoms with van der Waals surface area (Å²) in [5.74, 6) is 0. The Hall–Kier alpha value is -3.68. The molecule has 0 amide bonds. The van der Waals surface area contributed by atoms with E-state index in [9.17, 15) is 9.00 Å². The Balaban J connectivity index is 1.79. The molecule has 0 aliphatic rings. The molecule has 0 bridgehead atoms. The molecule has 3 aromatic carbocycles. The van der Waals surface area contributed by atoms with Crippen molar-refractivity contribution in [2.45, 2.75) is 6.54 Å². The lowest BCUT2D eigenvalue weighted by Crippen LogP contribution is -2.16. The third-order valence-corrected chi connectivity index (χ3v) is 6.50. The van der Waals surface area contributed by atoms with Crippen LogP contribution in [0.4, 0.5) is 5.69 Å². The minimum absolute atomic E-state index is 0.0461. The van der Waals surface area contributed by atoms with Crippen molar-refractivity contribution in [2.75, 3.05) is 7.11 Å². The monoisotopic (exact) mass is 457 g/mol. The van der Waals surface area contributed by atoms with E-state index in [0.717, 1.165) is 27.4 Å². The van der Waals surface area contributed by atoms with Crippen molar-refractivity contribution in [3.05, 3.63) is 101 Å². The molecule has 5 rings (SSSR count). The van der Waals surface area contributed by atoms with Crippen LogP contribution in [0.1, 0.15) is 5.56 Å². The van der Waals surface area contributed by atoms with E-state index in [-0.39, 0.29) is 5.56 Å². The number of thiol groups is 1. The largest absolute Gasteiger partial charge is 0.343 e. The minimum atomic E-state index is -2.18. The molecule has 1 unspecified atom stereocenters. The van der Waals surface area contributed by atoms with Crippen LogP contribution in [0, 0.1) is 0 Å². The van der Waals surface area contributed by atoms with E-state index in [1.54, 1.807) is 11.6 Å². The molecule has 2 aromatic heterocycles. The molecule has 0 radical (unpaired) electrons. The second kappa shape index (κ2) is 8.69. The fourth-order valence-corrected chi connectivity index (χ4v) is 4.63. The topological polar surface area (TPSA) is 65.6 Å². The van der Waals surface area contributed by atoms with Crippen molar-refractivity contribution >= 4 is 38.2 Å². The van der Waals surface area contributed by atoms with Crippen LogP contribution in [-0.4, -0.2) is 20.5 Å². The fraction of sp³-hybridized carbons (Fsp3) is 0.115. The van der Waals surface area contributed by atoms with Gasteiger partial charge in [0, 0.05) is 42.3 Å². The van der Waals surface area contributed by atoms with Crippen molar-refractivity contribution in [3.8, 4) is 11.1 Å². The summed E-state index contributed by atoms with van der Waals surface area (Å²) in [6.45, 7) is 0.692. The first-order valence-corrected chi connectivity index (χ1v) is 11.7. The number of aryl methyl sites for hydroxylation is 1. The van der Waals surface area contributed by atoms with E-state index in [1.165, 1.54) is 12.7 Å². The molecule has 33 heavy (non-hydrogen) atoms. The summed E-state index contributed by atoms with van der Waals surface area (Å²) in [5.41, 5.74) is 4.49. The molecule has 166 valence electrons. The Kier molecular flexibility index (Phi) is 5.58. The lowest BCUT2D eigenvalue weighted by Gasteiger charge is -2.12. The van der Waals surface area contributed by atoms with Gasteiger partial charge < -0.3 is 9.13 Å². The smallest absolute Gasteiger partial charge is 0.258 e. The number of fused-ring (bicyclic) bond motifs is 2. The Labute approximate surface area is 193 Å². The highest BCUT2D eigenvalue weighted by molar-refractivity contribution is 7.69. The van der Waals surface area contributed by atoms with Crippen molar-refractivity contribution in [2.24, 2.45) is 11.4 Å². The number of hydrogen-bond acceptors (Lipinski definition) is 4. The maximum Gasteiger partial charge on any atom is 0.258 e. The number of aromatic nitrogens is 2. The molecule has 0 aliphatic heterocycles. The van der Waals surface area contributed by atoms with E-state index >= 15 is 0 Å². The molecule has 0 aliphatic carbocycles. The normalized spacial score (nSPS) is 12.5. The highest BCUT2D eigenvalue weighted by Gasteiger charge is 2.14.